The van der Waals surface area contributed by atoms with E-state index >= 15 is 0 Å². The Labute approximate surface area is 223 Å². The van der Waals surface area contributed by atoms with E-state index in [0.717, 1.165) is 15.5 Å². The Balaban J connectivity index is 1.92. The van der Waals surface area contributed by atoms with Gasteiger partial charge in [0.05, 0.1) is 28.1 Å². The molecule has 0 aliphatic carbocycles. The summed E-state index contributed by atoms with van der Waals surface area (Å²) in [6, 6.07) is 18.8. The molecule has 3 aromatic rings. The van der Waals surface area contributed by atoms with E-state index in [1.165, 1.54) is 36.0 Å². The highest BCUT2D eigenvalue weighted by Gasteiger charge is 2.30. The summed E-state index contributed by atoms with van der Waals surface area (Å²) in [5.74, 6) is -0.193. The average Bonchev–Trinajstić information content (AvgIpc) is 2.87. The molecule has 0 aliphatic heterocycles. The number of sulfonamides is 1. The zero-order valence-corrected chi connectivity index (χ0v) is 23.5. The van der Waals surface area contributed by atoms with Crippen LogP contribution >= 0.6 is 11.8 Å². The smallest absolute Gasteiger partial charge is 0.264 e. The number of ether oxygens (including phenoxy) is 1. The Morgan fingerprint density at radius 3 is 2.11 bits per heavy atom. The third kappa shape index (κ3) is 7.06. The maximum Gasteiger partial charge on any atom is 0.264 e. The van der Waals surface area contributed by atoms with E-state index in [4.69, 9.17) is 4.74 Å². The maximum absolute atomic E-state index is 13.7. The summed E-state index contributed by atoms with van der Waals surface area (Å²) >= 11 is 1.49. The monoisotopic (exact) mass is 562 g/mol. The Morgan fingerprint density at radius 1 is 0.946 bits per heavy atom. The molecule has 0 aromatic heterocycles. The molecule has 8 nitrogen and oxygen atoms in total. The molecule has 0 radical (unpaired) electrons. The van der Waals surface area contributed by atoms with Crippen molar-refractivity contribution in [2.45, 2.75) is 34.6 Å². The van der Waals surface area contributed by atoms with Crippen LogP contribution in [0.3, 0.4) is 0 Å². The summed E-state index contributed by atoms with van der Waals surface area (Å²) < 4.78 is 57.6. The molecule has 3 rings (SSSR count). The summed E-state index contributed by atoms with van der Waals surface area (Å²) in [5.41, 5.74) is 0.927. The number of rotatable bonds is 11. The van der Waals surface area contributed by atoms with Gasteiger partial charge in [-0.1, -0.05) is 24.3 Å². The van der Waals surface area contributed by atoms with Gasteiger partial charge in [0.1, 0.15) is 12.3 Å². The van der Waals surface area contributed by atoms with Crippen molar-refractivity contribution in [2.75, 3.05) is 30.0 Å². The van der Waals surface area contributed by atoms with Gasteiger partial charge >= 0.3 is 0 Å². The van der Waals surface area contributed by atoms with Crippen molar-refractivity contribution in [3.05, 3.63) is 78.4 Å². The average molecular weight is 563 g/mol. The van der Waals surface area contributed by atoms with Gasteiger partial charge in [-0.2, -0.15) is 0 Å². The first-order valence-electron chi connectivity index (χ1n) is 11.5. The molecule has 0 fully saturated rings. The zero-order valence-electron chi connectivity index (χ0n) is 21.0. The fourth-order valence-electron chi connectivity index (χ4n) is 3.62. The fraction of sp³-hybridized carbons (Fsp3) is 0.269. The number of anilines is 1. The van der Waals surface area contributed by atoms with Gasteiger partial charge in [0, 0.05) is 11.2 Å². The van der Waals surface area contributed by atoms with Gasteiger partial charge < -0.3 is 10.1 Å². The molecule has 37 heavy (non-hydrogen) atoms. The fourth-order valence-corrected chi connectivity index (χ4v) is 6.09. The van der Waals surface area contributed by atoms with Gasteiger partial charge in [0.25, 0.3) is 10.0 Å². The van der Waals surface area contributed by atoms with Crippen molar-refractivity contribution in [1.82, 2.24) is 5.32 Å². The number of hydrogen-bond donors (Lipinski definition) is 1. The number of benzene rings is 3. The number of nitrogens with one attached hydrogen (secondary N) is 1. The summed E-state index contributed by atoms with van der Waals surface area (Å²) in [5, 5.41) is 2.81. The van der Waals surface area contributed by atoms with Crippen LogP contribution in [0.15, 0.2) is 87.5 Å². The summed E-state index contributed by atoms with van der Waals surface area (Å²) in [6.07, 6.45) is 3.02. The number of carbonyl (C=O) groups excluding carboxylic acids is 1. The number of amides is 1. The highest BCUT2D eigenvalue weighted by atomic mass is 32.2. The molecule has 11 heteroatoms. The number of hydrogen-bond acceptors (Lipinski definition) is 7. The molecule has 0 heterocycles. The van der Waals surface area contributed by atoms with E-state index in [1.54, 1.807) is 62.4 Å². The van der Waals surface area contributed by atoms with Gasteiger partial charge in [-0.3, -0.25) is 9.10 Å². The number of carbonyl (C=O) groups is 1. The normalized spacial score (nSPS) is 12.5. The van der Waals surface area contributed by atoms with Crippen molar-refractivity contribution in [3.63, 3.8) is 0 Å². The van der Waals surface area contributed by atoms with Crippen molar-refractivity contribution in [1.29, 1.82) is 0 Å². The van der Waals surface area contributed by atoms with E-state index in [0.29, 0.717) is 17.9 Å². The summed E-state index contributed by atoms with van der Waals surface area (Å²) in [6.45, 7) is 3.37. The lowest BCUT2D eigenvalue weighted by atomic mass is 10.1. The Bertz CT molecular complexity index is 1440. The van der Waals surface area contributed by atoms with E-state index in [-0.39, 0.29) is 15.5 Å². The van der Waals surface area contributed by atoms with Gasteiger partial charge in [0.2, 0.25) is 5.91 Å². The van der Waals surface area contributed by atoms with Crippen molar-refractivity contribution in [2.24, 2.45) is 0 Å². The second kappa shape index (κ2) is 12.0. The largest absolute Gasteiger partial charge is 0.492 e. The molecular weight excluding hydrogens is 532 g/mol. The van der Waals surface area contributed by atoms with Crippen LogP contribution < -0.4 is 14.4 Å². The van der Waals surface area contributed by atoms with Gasteiger partial charge in [-0.15, -0.1) is 11.8 Å². The molecule has 0 saturated heterocycles. The number of nitrogens with zero attached hydrogens (tertiary/aromatic N) is 1. The second-order valence-corrected chi connectivity index (χ2v) is 13.0. The molecule has 0 unspecified atom stereocenters. The third-order valence-electron chi connectivity index (χ3n) is 5.55. The maximum atomic E-state index is 13.7. The molecule has 3 aromatic carbocycles. The first-order chi connectivity index (χ1) is 17.5. The van der Waals surface area contributed by atoms with Crippen LogP contribution in [-0.2, 0) is 24.7 Å². The van der Waals surface area contributed by atoms with Crippen molar-refractivity contribution >= 4 is 43.2 Å². The van der Waals surface area contributed by atoms with Crippen molar-refractivity contribution < 1.29 is 26.4 Å². The lowest BCUT2D eigenvalue weighted by Gasteiger charge is -2.26. The van der Waals surface area contributed by atoms with Gasteiger partial charge in [-0.05, 0) is 74.2 Å². The molecule has 198 valence electrons. The molecule has 1 atom stereocenters. The summed E-state index contributed by atoms with van der Waals surface area (Å²) in [7, 11) is -7.47. The minimum atomic E-state index is -4.12. The molecule has 0 bridgehead atoms. The van der Waals surface area contributed by atoms with Crippen LogP contribution in [0.5, 0.6) is 5.75 Å². The molecule has 1 N–H and O–H groups in total. The number of sulfone groups is 1. The molecular formula is C26H30N2O6S3. The quantitative estimate of drug-likeness (QED) is 0.347. The summed E-state index contributed by atoms with van der Waals surface area (Å²) in [4.78, 5) is 14.3. The third-order valence-corrected chi connectivity index (χ3v) is 9.20. The molecule has 0 spiro atoms. The number of thioether (sulfide) groups is 1. The van der Waals surface area contributed by atoms with Crippen LogP contribution in [0.4, 0.5) is 5.69 Å². The van der Waals surface area contributed by atoms with Crippen LogP contribution in [-0.4, -0.2) is 48.4 Å². The highest BCUT2D eigenvalue weighted by molar-refractivity contribution is 7.98. The standard InChI is InChI=1S/C26H30N2O6S3/c1-5-34-25-9-7-6-8-24(25)28(37(32,33)23-16-12-21(35-3)13-17-23)18-26(29)27-19(2)20-10-14-22(15-11-20)36(4,30)31/h6-17,19H,5,18H2,1-4H3,(H,27,29)/t19-/m1/s1. The van der Waals surface area contributed by atoms with Crippen molar-refractivity contribution in [3.8, 4) is 5.75 Å². The predicted octanol–water partition coefficient (Wildman–Crippen LogP) is 4.28. The highest BCUT2D eigenvalue weighted by Crippen LogP contribution is 2.33. The van der Waals surface area contributed by atoms with E-state index in [2.05, 4.69) is 5.32 Å². The number of para-hydroxylation sites is 2. The topological polar surface area (TPSA) is 110 Å². The zero-order chi connectivity index (χ0) is 27.2. The Hall–Kier alpha value is -3.02. The molecule has 0 aliphatic rings. The van der Waals surface area contributed by atoms with Gasteiger partial charge in [0.15, 0.2) is 9.84 Å². The lowest BCUT2D eigenvalue weighted by Crippen LogP contribution is -2.41. The minimum absolute atomic E-state index is 0.0498. The van der Waals surface area contributed by atoms with Crippen LogP contribution in [0.1, 0.15) is 25.5 Å². The van der Waals surface area contributed by atoms with E-state index in [1.807, 2.05) is 6.26 Å². The minimum Gasteiger partial charge on any atom is -0.492 e. The predicted molar refractivity (Wildman–Crippen MR) is 146 cm³/mol. The molecule has 0 saturated carbocycles. The SMILES string of the molecule is CCOc1ccccc1N(CC(=O)N[C@H](C)c1ccc(S(C)(=O)=O)cc1)S(=O)(=O)c1ccc(SC)cc1. The van der Waals surface area contributed by atoms with Crippen LogP contribution in [0, 0.1) is 0 Å². The van der Waals surface area contributed by atoms with Crippen LogP contribution in [0.25, 0.3) is 0 Å². The Kier molecular flexibility index (Phi) is 9.27. The van der Waals surface area contributed by atoms with E-state index in [9.17, 15) is 21.6 Å². The Morgan fingerprint density at radius 2 is 1.54 bits per heavy atom. The second-order valence-electron chi connectivity index (χ2n) is 8.22. The molecule has 1 amide bonds. The lowest BCUT2D eigenvalue weighted by molar-refractivity contribution is -0.120. The van der Waals surface area contributed by atoms with E-state index < -0.39 is 38.4 Å². The van der Waals surface area contributed by atoms with Gasteiger partial charge in [-0.25, -0.2) is 16.8 Å². The first kappa shape index (κ1) is 28.5. The first-order valence-corrected chi connectivity index (χ1v) is 16.0. The van der Waals surface area contributed by atoms with Crippen LogP contribution in [0.2, 0.25) is 0 Å².